The number of thioether (sulfide) groups is 1. The molecular formula is C13H14ClNO3S. The van der Waals surface area contributed by atoms with E-state index in [0.717, 1.165) is 0 Å². The van der Waals surface area contributed by atoms with E-state index < -0.39 is 0 Å². The van der Waals surface area contributed by atoms with Crippen LogP contribution in [0.3, 0.4) is 0 Å². The molecule has 1 heterocycles. The standard InChI is InChI=1S/C13H14ClNO3S/c1-8(16)19-9-6-12(17)15(7-9)11-5-3-4-10(14)13(11)18-2/h3-5,9H,6-7H2,1-2H3. The van der Waals surface area contributed by atoms with Crippen molar-refractivity contribution >= 4 is 40.1 Å². The zero-order valence-electron chi connectivity index (χ0n) is 10.7. The van der Waals surface area contributed by atoms with Crippen molar-refractivity contribution in [2.75, 3.05) is 18.6 Å². The van der Waals surface area contributed by atoms with E-state index in [1.807, 2.05) is 0 Å². The average Bonchev–Trinajstić information content (AvgIpc) is 2.68. The maximum Gasteiger partial charge on any atom is 0.228 e. The monoisotopic (exact) mass is 299 g/mol. The van der Waals surface area contributed by atoms with Gasteiger partial charge in [-0.25, -0.2) is 0 Å². The Kier molecular flexibility index (Phi) is 4.37. The molecule has 1 atom stereocenters. The molecule has 1 aliphatic heterocycles. The minimum Gasteiger partial charge on any atom is -0.493 e. The molecule has 0 saturated carbocycles. The third-order valence-corrected chi connectivity index (χ3v) is 4.14. The first kappa shape index (κ1) is 14.2. The van der Waals surface area contributed by atoms with E-state index in [1.165, 1.54) is 25.8 Å². The first-order valence-electron chi connectivity index (χ1n) is 5.83. The van der Waals surface area contributed by atoms with Gasteiger partial charge in [0.25, 0.3) is 0 Å². The van der Waals surface area contributed by atoms with Crippen molar-refractivity contribution in [2.24, 2.45) is 0 Å². The molecule has 1 aromatic carbocycles. The van der Waals surface area contributed by atoms with Crippen LogP contribution in [0.25, 0.3) is 0 Å². The zero-order valence-corrected chi connectivity index (χ0v) is 12.3. The lowest BCUT2D eigenvalue weighted by Gasteiger charge is -2.20. The van der Waals surface area contributed by atoms with Crippen molar-refractivity contribution in [1.82, 2.24) is 0 Å². The number of rotatable bonds is 3. The first-order valence-corrected chi connectivity index (χ1v) is 7.08. The van der Waals surface area contributed by atoms with E-state index in [-0.39, 0.29) is 16.3 Å². The second kappa shape index (κ2) is 5.84. The van der Waals surface area contributed by atoms with Crippen LogP contribution in [-0.2, 0) is 9.59 Å². The lowest BCUT2D eigenvalue weighted by atomic mass is 10.2. The Morgan fingerprint density at radius 1 is 1.53 bits per heavy atom. The Balaban J connectivity index is 2.25. The van der Waals surface area contributed by atoms with Gasteiger partial charge in [-0.2, -0.15) is 0 Å². The number of anilines is 1. The topological polar surface area (TPSA) is 46.6 Å². The molecule has 1 aromatic rings. The van der Waals surface area contributed by atoms with Crippen LogP contribution < -0.4 is 9.64 Å². The molecule has 0 radical (unpaired) electrons. The number of hydrogen-bond donors (Lipinski definition) is 0. The lowest BCUT2D eigenvalue weighted by Crippen LogP contribution is -2.25. The summed E-state index contributed by atoms with van der Waals surface area (Å²) in [6.07, 6.45) is 0.361. The van der Waals surface area contributed by atoms with Crippen LogP contribution in [0.4, 0.5) is 5.69 Å². The molecule has 1 saturated heterocycles. The van der Waals surface area contributed by atoms with E-state index in [1.54, 1.807) is 23.1 Å². The van der Waals surface area contributed by atoms with Gasteiger partial charge in [-0.05, 0) is 12.1 Å². The summed E-state index contributed by atoms with van der Waals surface area (Å²) in [7, 11) is 1.52. The Labute approximate surface area is 121 Å². The van der Waals surface area contributed by atoms with Gasteiger partial charge < -0.3 is 9.64 Å². The van der Waals surface area contributed by atoms with Crippen molar-refractivity contribution < 1.29 is 14.3 Å². The number of hydrogen-bond acceptors (Lipinski definition) is 4. The van der Waals surface area contributed by atoms with Crippen LogP contribution in [-0.4, -0.2) is 29.9 Å². The van der Waals surface area contributed by atoms with E-state index >= 15 is 0 Å². The molecule has 1 unspecified atom stereocenters. The third-order valence-electron chi connectivity index (χ3n) is 2.86. The molecule has 6 heteroatoms. The second-order valence-electron chi connectivity index (χ2n) is 4.23. The molecule has 0 aliphatic carbocycles. The highest BCUT2D eigenvalue weighted by atomic mass is 35.5. The smallest absolute Gasteiger partial charge is 0.228 e. The van der Waals surface area contributed by atoms with Gasteiger partial charge in [0.15, 0.2) is 10.9 Å². The van der Waals surface area contributed by atoms with Gasteiger partial charge in [0.1, 0.15) is 0 Å². The predicted molar refractivity (Wildman–Crippen MR) is 77.0 cm³/mol. The SMILES string of the molecule is COc1c(Cl)cccc1N1CC(SC(C)=O)CC1=O. The average molecular weight is 300 g/mol. The lowest BCUT2D eigenvalue weighted by molar-refractivity contribution is -0.117. The van der Waals surface area contributed by atoms with Crippen LogP contribution in [0.5, 0.6) is 5.75 Å². The number of amides is 1. The summed E-state index contributed by atoms with van der Waals surface area (Å²) in [5.74, 6) is 0.477. The fourth-order valence-electron chi connectivity index (χ4n) is 2.13. The molecule has 2 rings (SSSR count). The van der Waals surface area contributed by atoms with Crippen LogP contribution in [0.1, 0.15) is 13.3 Å². The largest absolute Gasteiger partial charge is 0.493 e. The van der Waals surface area contributed by atoms with Crippen molar-refractivity contribution in [3.63, 3.8) is 0 Å². The quantitative estimate of drug-likeness (QED) is 0.861. The molecule has 19 heavy (non-hydrogen) atoms. The minimum atomic E-state index is -0.0145. The van der Waals surface area contributed by atoms with Gasteiger partial charge in [0.05, 0.1) is 17.8 Å². The van der Waals surface area contributed by atoms with Gasteiger partial charge in [-0.1, -0.05) is 29.4 Å². The number of carbonyl (C=O) groups is 2. The number of ether oxygens (including phenoxy) is 1. The summed E-state index contributed by atoms with van der Waals surface area (Å²) >= 11 is 7.26. The van der Waals surface area contributed by atoms with Gasteiger partial charge >= 0.3 is 0 Å². The molecule has 1 fully saturated rings. The molecule has 4 nitrogen and oxygen atoms in total. The fourth-order valence-corrected chi connectivity index (χ4v) is 3.30. The van der Waals surface area contributed by atoms with Crippen molar-refractivity contribution in [1.29, 1.82) is 0 Å². The normalized spacial score (nSPS) is 18.8. The summed E-state index contributed by atoms with van der Waals surface area (Å²) in [4.78, 5) is 24.8. The predicted octanol–water partition coefficient (Wildman–Crippen LogP) is 2.73. The summed E-state index contributed by atoms with van der Waals surface area (Å²) in [6, 6.07) is 5.29. The van der Waals surface area contributed by atoms with Crippen LogP contribution in [0, 0.1) is 0 Å². The Bertz CT molecular complexity index is 521. The first-order chi connectivity index (χ1) is 9.02. The number of benzene rings is 1. The number of para-hydroxylation sites is 1. The number of carbonyl (C=O) groups excluding carboxylic acids is 2. The molecule has 0 aromatic heterocycles. The van der Waals surface area contributed by atoms with E-state index in [9.17, 15) is 9.59 Å². The van der Waals surface area contributed by atoms with Crippen LogP contribution >= 0.6 is 23.4 Å². The molecule has 0 spiro atoms. The summed E-state index contributed by atoms with van der Waals surface area (Å²) in [6.45, 7) is 2.01. The summed E-state index contributed by atoms with van der Waals surface area (Å²) in [5, 5.41) is 0.488. The minimum absolute atomic E-state index is 0.00584. The van der Waals surface area contributed by atoms with Crippen molar-refractivity contribution in [2.45, 2.75) is 18.6 Å². The fraction of sp³-hybridized carbons (Fsp3) is 0.385. The van der Waals surface area contributed by atoms with Gasteiger partial charge in [-0.15, -0.1) is 0 Å². The Morgan fingerprint density at radius 2 is 2.26 bits per heavy atom. The highest BCUT2D eigenvalue weighted by molar-refractivity contribution is 8.14. The van der Waals surface area contributed by atoms with E-state index in [0.29, 0.717) is 29.4 Å². The van der Waals surface area contributed by atoms with Crippen molar-refractivity contribution in [3.8, 4) is 5.75 Å². The van der Waals surface area contributed by atoms with Gasteiger partial charge in [0.2, 0.25) is 5.91 Å². The van der Waals surface area contributed by atoms with Gasteiger partial charge in [0, 0.05) is 25.1 Å². The highest BCUT2D eigenvalue weighted by Crippen LogP contribution is 2.38. The highest BCUT2D eigenvalue weighted by Gasteiger charge is 2.33. The van der Waals surface area contributed by atoms with Crippen LogP contribution in [0.15, 0.2) is 18.2 Å². The molecule has 0 bridgehead atoms. The number of nitrogens with zero attached hydrogens (tertiary/aromatic N) is 1. The maximum absolute atomic E-state index is 12.0. The van der Waals surface area contributed by atoms with E-state index in [2.05, 4.69) is 0 Å². The molecule has 1 amide bonds. The maximum atomic E-state index is 12.0. The second-order valence-corrected chi connectivity index (χ2v) is 6.12. The summed E-state index contributed by atoms with van der Waals surface area (Å²) < 4.78 is 5.25. The summed E-state index contributed by atoms with van der Waals surface area (Å²) in [5.41, 5.74) is 0.659. The van der Waals surface area contributed by atoms with E-state index in [4.69, 9.17) is 16.3 Å². The number of halogens is 1. The molecule has 0 N–H and O–H groups in total. The third kappa shape index (κ3) is 3.04. The number of methoxy groups -OCH3 is 1. The molecule has 1 aliphatic rings. The van der Waals surface area contributed by atoms with Crippen molar-refractivity contribution in [3.05, 3.63) is 23.2 Å². The zero-order chi connectivity index (χ0) is 14.0. The van der Waals surface area contributed by atoms with Crippen LogP contribution in [0.2, 0.25) is 5.02 Å². The Morgan fingerprint density at radius 3 is 2.89 bits per heavy atom. The molecule has 102 valence electrons. The van der Waals surface area contributed by atoms with Gasteiger partial charge in [-0.3, -0.25) is 9.59 Å². The Hall–Kier alpha value is -1.20. The molecular weight excluding hydrogens is 286 g/mol.